The number of hydrogen-bond donors (Lipinski definition) is 1. The number of halogens is 3. The first-order chi connectivity index (χ1) is 12.8. The molecular formula is C20H14Cl3NO3. The Hall–Kier alpha value is -2.01. The molecule has 1 N–H and O–H groups in total. The second-order valence-electron chi connectivity index (χ2n) is 6.76. The molecule has 4 nitrogen and oxygen atoms in total. The Morgan fingerprint density at radius 1 is 1.04 bits per heavy atom. The molecule has 27 heavy (non-hydrogen) atoms. The van der Waals surface area contributed by atoms with Crippen LogP contribution in [0.5, 0.6) is 0 Å². The van der Waals surface area contributed by atoms with Crippen LogP contribution < -0.4 is 5.43 Å². The zero-order chi connectivity index (χ0) is 19.5. The summed E-state index contributed by atoms with van der Waals surface area (Å²) in [7, 11) is 0. The van der Waals surface area contributed by atoms with E-state index in [4.69, 9.17) is 34.8 Å². The topological polar surface area (TPSA) is 59.3 Å². The zero-order valence-electron chi connectivity index (χ0n) is 14.2. The smallest absolute Gasteiger partial charge is 0.200 e. The van der Waals surface area contributed by atoms with Crippen LogP contribution in [0.3, 0.4) is 0 Å². The summed E-state index contributed by atoms with van der Waals surface area (Å²) in [6.45, 7) is 1.78. The van der Waals surface area contributed by atoms with Crippen molar-refractivity contribution < 1.29 is 10.0 Å². The minimum Gasteiger partial charge on any atom is -0.428 e. The van der Waals surface area contributed by atoms with Crippen LogP contribution >= 0.6 is 34.8 Å². The molecular weight excluding hydrogens is 409 g/mol. The molecule has 138 valence electrons. The molecule has 0 aliphatic heterocycles. The van der Waals surface area contributed by atoms with Crippen molar-refractivity contribution in [1.82, 2.24) is 4.73 Å². The summed E-state index contributed by atoms with van der Waals surface area (Å²) in [5.41, 5.74) is 1.07. The summed E-state index contributed by atoms with van der Waals surface area (Å²) >= 11 is 18.1. The van der Waals surface area contributed by atoms with E-state index in [1.807, 2.05) is 6.07 Å². The molecule has 2 atom stereocenters. The lowest BCUT2D eigenvalue weighted by molar-refractivity contribution is 0.0880. The van der Waals surface area contributed by atoms with Gasteiger partial charge in [0.15, 0.2) is 5.78 Å². The molecule has 2 aromatic carbocycles. The van der Waals surface area contributed by atoms with E-state index in [9.17, 15) is 14.8 Å². The number of hydrogen-bond acceptors (Lipinski definition) is 3. The number of pyridine rings is 1. The van der Waals surface area contributed by atoms with Gasteiger partial charge >= 0.3 is 0 Å². The van der Waals surface area contributed by atoms with Gasteiger partial charge in [-0.05, 0) is 48.2 Å². The van der Waals surface area contributed by atoms with Gasteiger partial charge in [-0.2, -0.15) is 4.73 Å². The summed E-state index contributed by atoms with van der Waals surface area (Å²) in [5.74, 6) is -0.983. The van der Waals surface area contributed by atoms with Crippen LogP contribution in [-0.2, 0) is 6.42 Å². The molecule has 1 aliphatic rings. The van der Waals surface area contributed by atoms with Gasteiger partial charge < -0.3 is 5.21 Å². The zero-order valence-corrected chi connectivity index (χ0v) is 16.4. The maximum absolute atomic E-state index is 13.0. The largest absolute Gasteiger partial charge is 0.428 e. The van der Waals surface area contributed by atoms with Crippen LogP contribution in [0.15, 0.2) is 41.2 Å². The lowest BCUT2D eigenvalue weighted by atomic mass is 9.74. The molecule has 3 aromatic rings. The second-order valence-corrected chi connectivity index (χ2v) is 8.01. The third-order valence-corrected chi connectivity index (χ3v) is 6.23. The van der Waals surface area contributed by atoms with Crippen molar-refractivity contribution in [1.29, 1.82) is 0 Å². The molecule has 7 heteroatoms. The fourth-order valence-electron chi connectivity index (χ4n) is 3.78. The highest BCUT2D eigenvalue weighted by atomic mass is 35.5. The summed E-state index contributed by atoms with van der Waals surface area (Å²) in [6.07, 6.45) is 0.324. The van der Waals surface area contributed by atoms with Crippen molar-refractivity contribution in [3.8, 4) is 0 Å². The first kappa shape index (κ1) is 18.4. The maximum Gasteiger partial charge on any atom is 0.200 e. The van der Waals surface area contributed by atoms with E-state index in [-0.39, 0.29) is 22.7 Å². The number of carbonyl (C=O) groups excluding carboxylic acids is 1. The monoisotopic (exact) mass is 421 g/mol. The number of benzene rings is 2. The van der Waals surface area contributed by atoms with E-state index in [1.165, 1.54) is 6.07 Å². The fraction of sp³-hybridized carbons (Fsp3) is 0.200. The first-order valence-corrected chi connectivity index (χ1v) is 9.48. The average molecular weight is 423 g/mol. The fourth-order valence-corrected chi connectivity index (χ4v) is 4.26. The number of nitrogens with zero attached hydrogens (tertiary/aromatic N) is 1. The van der Waals surface area contributed by atoms with E-state index in [0.717, 1.165) is 10.3 Å². The summed E-state index contributed by atoms with van der Waals surface area (Å²) in [6, 6.07) is 9.84. The Balaban J connectivity index is 1.94. The number of Topliss-reactive ketones (excluding diaryl/α,β-unsaturated/α-hetero) is 1. The summed E-state index contributed by atoms with van der Waals surface area (Å²) in [4.78, 5) is 26.0. The normalized spacial score (nSPS) is 19.3. The predicted molar refractivity (Wildman–Crippen MR) is 107 cm³/mol. The molecule has 0 saturated carbocycles. The average Bonchev–Trinajstić information content (AvgIpc) is 2.64. The van der Waals surface area contributed by atoms with E-state index in [2.05, 4.69) is 0 Å². The van der Waals surface area contributed by atoms with Crippen molar-refractivity contribution in [3.63, 3.8) is 0 Å². The first-order valence-electron chi connectivity index (χ1n) is 8.35. The highest BCUT2D eigenvalue weighted by Gasteiger charge is 2.37. The maximum atomic E-state index is 13.0. The lowest BCUT2D eigenvalue weighted by Crippen LogP contribution is -2.35. The van der Waals surface area contributed by atoms with Gasteiger partial charge in [-0.1, -0.05) is 47.8 Å². The van der Waals surface area contributed by atoms with Crippen molar-refractivity contribution in [2.45, 2.75) is 19.3 Å². The van der Waals surface area contributed by atoms with Crippen LogP contribution in [-0.4, -0.2) is 15.7 Å². The standard InChI is InChI=1S/C20H14Cl3NO3/c1-9-12(10-2-4-14(22)15(23)6-10)8-17-18(19(9)25)20(26)13-7-11(21)3-5-16(13)24(17)27/h2-7,9,12,27H,8H2,1H3. The van der Waals surface area contributed by atoms with Crippen LogP contribution in [0.25, 0.3) is 10.9 Å². The lowest BCUT2D eigenvalue weighted by Gasteiger charge is -2.30. The molecule has 4 rings (SSSR count). The quantitative estimate of drug-likeness (QED) is 0.537. The van der Waals surface area contributed by atoms with E-state index in [0.29, 0.717) is 32.7 Å². The van der Waals surface area contributed by atoms with E-state index < -0.39 is 11.3 Å². The molecule has 0 bridgehead atoms. The van der Waals surface area contributed by atoms with Gasteiger partial charge in [-0.15, -0.1) is 0 Å². The Morgan fingerprint density at radius 3 is 2.48 bits per heavy atom. The summed E-state index contributed by atoms with van der Waals surface area (Å²) < 4.78 is 0.927. The van der Waals surface area contributed by atoms with Crippen molar-refractivity contribution in [2.75, 3.05) is 0 Å². The summed E-state index contributed by atoms with van der Waals surface area (Å²) in [5, 5.41) is 12.1. The Kier molecular flexibility index (Phi) is 4.46. The van der Waals surface area contributed by atoms with Crippen LogP contribution in [0, 0.1) is 5.92 Å². The van der Waals surface area contributed by atoms with Gasteiger partial charge in [0.25, 0.3) is 0 Å². The molecule has 0 saturated heterocycles. The Morgan fingerprint density at radius 2 is 1.78 bits per heavy atom. The van der Waals surface area contributed by atoms with Crippen molar-refractivity contribution in [2.24, 2.45) is 5.92 Å². The van der Waals surface area contributed by atoms with Crippen molar-refractivity contribution in [3.05, 3.63) is 78.5 Å². The van der Waals surface area contributed by atoms with Gasteiger partial charge in [0.1, 0.15) is 0 Å². The molecule has 1 aromatic heterocycles. The molecule has 0 fully saturated rings. The van der Waals surface area contributed by atoms with Gasteiger partial charge in [0.2, 0.25) is 5.43 Å². The van der Waals surface area contributed by atoms with E-state index in [1.54, 1.807) is 31.2 Å². The number of carbonyl (C=O) groups is 1. The second kappa shape index (κ2) is 6.55. The van der Waals surface area contributed by atoms with Gasteiger partial charge in [0, 0.05) is 10.9 Å². The molecule has 0 spiro atoms. The minimum atomic E-state index is -0.445. The number of rotatable bonds is 1. The number of ketones is 1. The Bertz CT molecular complexity index is 1170. The van der Waals surface area contributed by atoms with Gasteiger partial charge in [-0.25, -0.2) is 0 Å². The minimum absolute atomic E-state index is 0.0241. The number of fused-ring (bicyclic) bond motifs is 2. The SMILES string of the molecule is CC1C(=O)c2c(n(O)c3ccc(Cl)cc3c2=O)CC1c1ccc(Cl)c(Cl)c1. The van der Waals surface area contributed by atoms with Crippen LogP contribution in [0.1, 0.15) is 34.5 Å². The van der Waals surface area contributed by atoms with E-state index >= 15 is 0 Å². The third-order valence-electron chi connectivity index (χ3n) is 5.25. The molecule has 1 aliphatic carbocycles. The molecule has 0 amide bonds. The van der Waals surface area contributed by atoms with Gasteiger partial charge in [-0.3, -0.25) is 9.59 Å². The highest BCUT2D eigenvalue weighted by molar-refractivity contribution is 6.42. The molecule has 2 unspecified atom stereocenters. The molecule has 1 heterocycles. The van der Waals surface area contributed by atoms with Gasteiger partial charge in [0.05, 0.1) is 32.2 Å². The molecule has 0 radical (unpaired) electrons. The number of aromatic nitrogens is 1. The highest BCUT2D eigenvalue weighted by Crippen LogP contribution is 2.38. The van der Waals surface area contributed by atoms with Crippen molar-refractivity contribution >= 4 is 51.5 Å². The Labute approximate surface area is 169 Å². The third kappa shape index (κ3) is 2.83. The predicted octanol–water partition coefficient (Wildman–Crippen LogP) is 5.36. The van der Waals surface area contributed by atoms with Crippen LogP contribution in [0.4, 0.5) is 0 Å². The van der Waals surface area contributed by atoms with Crippen LogP contribution in [0.2, 0.25) is 15.1 Å².